The van der Waals surface area contributed by atoms with Crippen molar-refractivity contribution in [3.63, 3.8) is 0 Å². The molecule has 0 unspecified atom stereocenters. The highest BCUT2D eigenvalue weighted by Gasteiger charge is 2.50. The van der Waals surface area contributed by atoms with E-state index in [1.54, 1.807) is 5.57 Å². The Kier molecular flexibility index (Phi) is 11.9. The zero-order valence-electron chi connectivity index (χ0n) is 31.8. The van der Waals surface area contributed by atoms with Gasteiger partial charge in [0.05, 0.1) is 12.2 Å². The molecule has 3 rings (SSSR count). The average molecular weight is 641 g/mol. The Balaban J connectivity index is 1.90. The fourth-order valence-corrected chi connectivity index (χ4v) is 10.3. The Morgan fingerprint density at radius 3 is 2.02 bits per heavy atom. The Hall–Kier alpha value is -0.686. The van der Waals surface area contributed by atoms with Crippen molar-refractivity contribution >= 4 is 16.6 Å². The summed E-state index contributed by atoms with van der Waals surface area (Å²) in [4.78, 5) is 0. The van der Waals surface area contributed by atoms with Gasteiger partial charge in [-0.1, -0.05) is 113 Å². The summed E-state index contributed by atoms with van der Waals surface area (Å²) in [6.45, 7) is 40.5. The Bertz CT molecular complexity index is 1100. The van der Waals surface area contributed by atoms with Crippen LogP contribution < -0.4 is 0 Å². The van der Waals surface area contributed by atoms with E-state index in [0.29, 0.717) is 29.1 Å². The van der Waals surface area contributed by atoms with E-state index in [1.807, 2.05) is 0 Å². The monoisotopic (exact) mass is 641 g/mol. The third-order valence-corrected chi connectivity index (χ3v) is 22.2. The fourth-order valence-electron chi connectivity index (χ4n) is 7.62. The van der Waals surface area contributed by atoms with Crippen LogP contribution in [0.3, 0.4) is 0 Å². The molecule has 0 amide bonds. The van der Waals surface area contributed by atoms with E-state index in [4.69, 9.17) is 15.4 Å². The first-order chi connectivity index (χ1) is 20.0. The second-order valence-corrected chi connectivity index (χ2v) is 28.2. The summed E-state index contributed by atoms with van der Waals surface area (Å²) in [7, 11) is -3.88. The van der Waals surface area contributed by atoms with E-state index in [-0.39, 0.29) is 22.3 Å². The second kappa shape index (κ2) is 13.8. The van der Waals surface area contributed by atoms with Crippen LogP contribution in [0.25, 0.3) is 0 Å². The minimum Gasteiger partial charge on any atom is -0.413 e. The topological polar surface area (TPSA) is 18.5 Å². The lowest BCUT2D eigenvalue weighted by atomic mass is 9.61. The van der Waals surface area contributed by atoms with Gasteiger partial charge in [-0.25, -0.2) is 0 Å². The molecular formula is C40H72O2Si2. The van der Waals surface area contributed by atoms with Gasteiger partial charge in [0.15, 0.2) is 16.6 Å². The van der Waals surface area contributed by atoms with Crippen molar-refractivity contribution in [1.29, 1.82) is 0 Å². The second-order valence-electron chi connectivity index (χ2n) is 18.7. The molecule has 3 fully saturated rings. The van der Waals surface area contributed by atoms with E-state index in [9.17, 15) is 0 Å². The summed E-state index contributed by atoms with van der Waals surface area (Å²) in [6, 6.07) is 0. The van der Waals surface area contributed by atoms with Gasteiger partial charge in [-0.2, -0.15) is 0 Å². The molecule has 0 bridgehead atoms. The van der Waals surface area contributed by atoms with Crippen LogP contribution in [0.4, 0.5) is 0 Å². The van der Waals surface area contributed by atoms with Gasteiger partial charge in [0.2, 0.25) is 0 Å². The van der Waals surface area contributed by atoms with Gasteiger partial charge in [-0.05, 0) is 121 Å². The van der Waals surface area contributed by atoms with Crippen LogP contribution in [-0.2, 0) is 8.85 Å². The lowest BCUT2D eigenvalue weighted by Crippen LogP contribution is -2.49. The highest BCUT2D eigenvalue weighted by Crippen LogP contribution is 2.59. The molecule has 3 aliphatic rings. The maximum absolute atomic E-state index is 7.09. The van der Waals surface area contributed by atoms with Gasteiger partial charge >= 0.3 is 0 Å². The molecule has 0 aromatic carbocycles. The van der Waals surface area contributed by atoms with E-state index in [0.717, 1.165) is 18.8 Å². The van der Waals surface area contributed by atoms with Crippen molar-refractivity contribution in [3.8, 4) is 0 Å². The molecule has 0 aliphatic heterocycles. The molecule has 0 saturated heterocycles. The quantitative estimate of drug-likeness (QED) is 0.184. The van der Waals surface area contributed by atoms with Gasteiger partial charge in [-0.3, -0.25) is 0 Å². The van der Waals surface area contributed by atoms with Crippen LogP contribution in [0.2, 0.25) is 36.3 Å². The van der Waals surface area contributed by atoms with Gasteiger partial charge in [0, 0.05) is 6.42 Å². The molecule has 4 heteroatoms. The number of hydrogen-bond donors (Lipinski definition) is 0. The van der Waals surface area contributed by atoms with E-state index >= 15 is 0 Å². The molecule has 0 radical (unpaired) electrons. The summed E-state index contributed by atoms with van der Waals surface area (Å²) < 4.78 is 14.2. The number of fused-ring (bicyclic) bond motifs is 1. The SMILES string of the molecule is C=C1C(=CC=C2CCC[C@]3(C)[C@@H]([C@H](C)C=C[C@H](C)C(C)C)CC[C@@H]23)C[C@@H](O[Si](C)(C)C(C)(C)C)C[C@@H]1O[Si](C)(C)C(C)(C)C. The summed E-state index contributed by atoms with van der Waals surface area (Å²) in [5.74, 6) is 3.47. The van der Waals surface area contributed by atoms with Crippen molar-refractivity contribution in [2.75, 3.05) is 0 Å². The van der Waals surface area contributed by atoms with E-state index < -0.39 is 16.6 Å². The largest absolute Gasteiger partial charge is 0.413 e. The number of hydrogen-bond acceptors (Lipinski definition) is 2. The minimum atomic E-state index is -1.96. The molecule has 0 N–H and O–H groups in total. The lowest BCUT2D eigenvalue weighted by molar-refractivity contribution is 0.0969. The Morgan fingerprint density at radius 1 is 0.864 bits per heavy atom. The van der Waals surface area contributed by atoms with Crippen molar-refractivity contribution in [3.05, 3.63) is 47.6 Å². The van der Waals surface area contributed by atoms with Crippen LogP contribution in [0.1, 0.15) is 121 Å². The predicted octanol–water partition coefficient (Wildman–Crippen LogP) is 12.7. The van der Waals surface area contributed by atoms with Crippen LogP contribution in [0.15, 0.2) is 47.6 Å². The summed E-state index contributed by atoms with van der Waals surface area (Å²) >= 11 is 0. The lowest BCUT2D eigenvalue weighted by Gasteiger charge is -2.45. The van der Waals surface area contributed by atoms with Gasteiger partial charge in [0.25, 0.3) is 0 Å². The third kappa shape index (κ3) is 8.42. The van der Waals surface area contributed by atoms with Crippen LogP contribution >= 0.6 is 0 Å². The van der Waals surface area contributed by atoms with Gasteiger partial charge in [-0.15, -0.1) is 0 Å². The standard InChI is InChI=1S/C40H72O2Si2/c1-28(2)29(3)19-20-30(4)35-23-24-36-32(18-17-25-40(35,36)12)21-22-33-26-34(41-43(13,14)38(6,7)8)27-37(31(33)5)42-44(15,16)39(9,10)11/h19-22,28-30,34-37H,5,17-18,23-27H2,1-4,6-16H3/t29-,30+,34+,35+,36-,37-,40+/m0/s1. The summed E-state index contributed by atoms with van der Waals surface area (Å²) in [6.07, 6.45) is 18.8. The molecule has 7 atom stereocenters. The van der Waals surface area contributed by atoms with Crippen LogP contribution in [0.5, 0.6) is 0 Å². The molecule has 252 valence electrons. The molecule has 0 aromatic heterocycles. The first-order valence-corrected chi connectivity index (χ1v) is 23.9. The highest BCUT2D eigenvalue weighted by molar-refractivity contribution is 6.74. The molecule has 2 nitrogen and oxygen atoms in total. The first-order valence-electron chi connectivity index (χ1n) is 18.1. The number of rotatable bonds is 9. The molecule has 0 aromatic rings. The third-order valence-electron chi connectivity index (χ3n) is 13.2. The molecular weight excluding hydrogens is 569 g/mol. The van der Waals surface area contributed by atoms with Crippen molar-refractivity contribution < 1.29 is 8.85 Å². The molecule has 44 heavy (non-hydrogen) atoms. The highest BCUT2D eigenvalue weighted by atomic mass is 28.4. The maximum Gasteiger partial charge on any atom is 0.192 e. The zero-order chi connectivity index (χ0) is 33.5. The smallest absolute Gasteiger partial charge is 0.192 e. The Morgan fingerprint density at radius 2 is 1.45 bits per heavy atom. The zero-order valence-corrected chi connectivity index (χ0v) is 33.8. The van der Waals surface area contributed by atoms with Crippen molar-refractivity contribution in [2.45, 2.75) is 170 Å². The fraction of sp³-hybridized carbons (Fsp3) is 0.800. The molecule has 0 heterocycles. The van der Waals surface area contributed by atoms with Gasteiger partial charge < -0.3 is 8.85 Å². The first kappa shape index (κ1) is 37.8. The van der Waals surface area contributed by atoms with Crippen LogP contribution in [-0.4, -0.2) is 28.8 Å². The summed E-state index contributed by atoms with van der Waals surface area (Å²) in [5, 5.41) is 0.352. The van der Waals surface area contributed by atoms with Crippen molar-refractivity contribution in [2.24, 2.45) is 35.0 Å². The van der Waals surface area contributed by atoms with Gasteiger partial charge in [0.1, 0.15) is 0 Å². The normalized spacial score (nSPS) is 32.6. The Labute approximate surface area is 276 Å². The molecule has 3 saturated carbocycles. The van der Waals surface area contributed by atoms with Crippen LogP contribution in [0, 0.1) is 35.0 Å². The number of allylic oxidation sites excluding steroid dienone is 5. The average Bonchev–Trinajstić information content (AvgIpc) is 3.23. The minimum absolute atomic E-state index is 0.0393. The van der Waals surface area contributed by atoms with Crippen molar-refractivity contribution in [1.82, 2.24) is 0 Å². The molecule has 0 spiro atoms. The van der Waals surface area contributed by atoms with E-state index in [1.165, 1.54) is 43.3 Å². The predicted molar refractivity (Wildman–Crippen MR) is 199 cm³/mol. The molecule has 3 aliphatic carbocycles. The van der Waals surface area contributed by atoms with E-state index in [2.05, 4.69) is 127 Å². The maximum atomic E-state index is 7.09. The summed E-state index contributed by atoms with van der Waals surface area (Å²) in [5.41, 5.74) is 4.64.